The Hall–Kier alpha value is -0.270. The maximum Gasteiger partial charge on any atom is 0.263 e. The predicted molar refractivity (Wildman–Crippen MR) is 93.8 cm³/mol. The van der Waals surface area contributed by atoms with Crippen molar-refractivity contribution in [3.63, 3.8) is 0 Å². The van der Waals surface area contributed by atoms with Crippen molar-refractivity contribution in [2.45, 2.75) is 11.8 Å². The molecule has 0 saturated heterocycles. The van der Waals surface area contributed by atoms with Gasteiger partial charge in [-0.2, -0.15) is 0 Å². The van der Waals surface area contributed by atoms with Crippen molar-refractivity contribution in [2.75, 3.05) is 4.72 Å². The fraction of sp³-hybridized carbons (Fsp3) is 0.0769. The largest absolute Gasteiger partial charge is 0.278 e. The monoisotopic (exact) mass is 471 g/mol. The molecule has 0 aliphatic rings. The van der Waals surface area contributed by atoms with Crippen LogP contribution in [-0.4, -0.2) is 8.42 Å². The highest BCUT2D eigenvalue weighted by Gasteiger charge is 2.20. The number of hydrogen-bond acceptors (Lipinski definition) is 2. The Morgan fingerprint density at radius 3 is 2.38 bits per heavy atom. The Morgan fingerprint density at radius 1 is 1.05 bits per heavy atom. The van der Waals surface area contributed by atoms with E-state index in [-0.39, 0.29) is 15.6 Å². The van der Waals surface area contributed by atoms with Crippen LogP contribution in [-0.2, 0) is 10.0 Å². The minimum Gasteiger partial charge on any atom is -0.278 e. The quantitative estimate of drug-likeness (QED) is 0.628. The highest BCUT2D eigenvalue weighted by atomic mass is 79.9. The molecule has 0 aromatic heterocycles. The van der Waals surface area contributed by atoms with Gasteiger partial charge in [-0.1, -0.05) is 39.1 Å². The average Bonchev–Trinajstić information content (AvgIpc) is 2.37. The van der Waals surface area contributed by atoms with Gasteiger partial charge in [0.15, 0.2) is 0 Å². The minimum absolute atomic E-state index is 0.107. The van der Waals surface area contributed by atoms with Crippen molar-refractivity contribution in [1.29, 1.82) is 0 Å². The molecule has 2 aromatic carbocycles. The van der Waals surface area contributed by atoms with Crippen LogP contribution >= 0.6 is 55.1 Å². The fourth-order valence-corrected chi connectivity index (χ4v) is 4.75. The maximum atomic E-state index is 12.5. The van der Waals surface area contributed by atoms with E-state index in [0.29, 0.717) is 14.0 Å². The highest BCUT2D eigenvalue weighted by molar-refractivity contribution is 9.11. The summed E-state index contributed by atoms with van der Waals surface area (Å²) in [5.74, 6) is 0. The lowest BCUT2D eigenvalue weighted by atomic mass is 10.2. The molecule has 0 radical (unpaired) electrons. The molecule has 2 aromatic rings. The first-order valence-electron chi connectivity index (χ1n) is 5.64. The Kier molecular flexibility index (Phi) is 5.26. The number of nitrogens with one attached hydrogen (secondary N) is 1. The van der Waals surface area contributed by atoms with Gasteiger partial charge in [-0.05, 0) is 58.7 Å². The van der Waals surface area contributed by atoms with E-state index in [1.165, 1.54) is 18.2 Å². The number of anilines is 1. The van der Waals surface area contributed by atoms with E-state index in [1.807, 2.05) is 6.92 Å². The summed E-state index contributed by atoms with van der Waals surface area (Å²) in [6, 6.07) is 7.82. The van der Waals surface area contributed by atoms with E-state index >= 15 is 0 Å². The lowest BCUT2D eigenvalue weighted by molar-refractivity contribution is 0.600. The van der Waals surface area contributed by atoms with Gasteiger partial charge in [0.25, 0.3) is 10.0 Å². The summed E-state index contributed by atoms with van der Waals surface area (Å²) in [6.07, 6.45) is 0. The lowest BCUT2D eigenvalue weighted by Crippen LogP contribution is -2.14. The van der Waals surface area contributed by atoms with Gasteiger partial charge in [0, 0.05) is 14.0 Å². The van der Waals surface area contributed by atoms with Crippen molar-refractivity contribution < 1.29 is 8.42 Å². The van der Waals surface area contributed by atoms with E-state index in [0.717, 1.165) is 5.56 Å². The Bertz CT molecular complexity index is 810. The predicted octanol–water partition coefficient (Wildman–Crippen LogP) is 5.63. The molecule has 0 bridgehead atoms. The number of halogens is 4. The highest BCUT2D eigenvalue weighted by Crippen LogP contribution is 2.32. The molecule has 0 fully saturated rings. The van der Waals surface area contributed by atoms with E-state index in [9.17, 15) is 8.42 Å². The van der Waals surface area contributed by atoms with Gasteiger partial charge in [-0.3, -0.25) is 4.72 Å². The summed E-state index contributed by atoms with van der Waals surface area (Å²) in [5.41, 5.74) is 1.15. The first kappa shape index (κ1) is 17.1. The molecule has 0 atom stereocenters. The molecule has 0 unspecified atom stereocenters. The first-order valence-corrected chi connectivity index (χ1v) is 9.47. The molecular formula is C13H9Br2Cl2NO2S. The van der Waals surface area contributed by atoms with Crippen molar-refractivity contribution in [2.24, 2.45) is 0 Å². The standard InChI is InChI=1S/C13H9Br2Cl2NO2S/c1-7-4-10(15)13(6-9(7)14)21(19,20)18-12-5-8(16)2-3-11(12)17/h2-6,18H,1H3. The average molecular weight is 474 g/mol. The second-order valence-electron chi connectivity index (χ2n) is 4.26. The summed E-state index contributed by atoms with van der Waals surface area (Å²) in [5, 5.41) is 0.659. The van der Waals surface area contributed by atoms with Crippen LogP contribution in [0.1, 0.15) is 5.56 Å². The van der Waals surface area contributed by atoms with Gasteiger partial charge in [0.2, 0.25) is 0 Å². The summed E-state index contributed by atoms with van der Waals surface area (Å²) >= 11 is 18.4. The van der Waals surface area contributed by atoms with Crippen LogP contribution in [0, 0.1) is 6.92 Å². The molecule has 1 N–H and O–H groups in total. The van der Waals surface area contributed by atoms with Crippen molar-refractivity contribution in [1.82, 2.24) is 0 Å². The van der Waals surface area contributed by atoms with E-state index in [2.05, 4.69) is 36.6 Å². The number of rotatable bonds is 3. The Labute approximate surface area is 150 Å². The van der Waals surface area contributed by atoms with Crippen molar-refractivity contribution in [3.8, 4) is 0 Å². The van der Waals surface area contributed by atoms with Crippen LogP contribution in [0.5, 0.6) is 0 Å². The van der Waals surface area contributed by atoms with Gasteiger partial charge in [-0.15, -0.1) is 0 Å². The van der Waals surface area contributed by atoms with Crippen LogP contribution in [0.15, 0.2) is 44.2 Å². The van der Waals surface area contributed by atoms with Crippen LogP contribution in [0.3, 0.4) is 0 Å². The molecule has 21 heavy (non-hydrogen) atoms. The molecular weight excluding hydrogens is 465 g/mol. The molecule has 0 heterocycles. The van der Waals surface area contributed by atoms with Crippen molar-refractivity contribution in [3.05, 3.63) is 54.9 Å². The SMILES string of the molecule is Cc1cc(Br)c(S(=O)(=O)Nc2cc(Cl)ccc2Cl)cc1Br. The topological polar surface area (TPSA) is 46.2 Å². The third-order valence-corrected chi connectivity index (χ3v) is 6.42. The van der Waals surface area contributed by atoms with Crippen LogP contribution in [0.25, 0.3) is 0 Å². The van der Waals surface area contributed by atoms with E-state index in [1.54, 1.807) is 12.1 Å². The van der Waals surface area contributed by atoms with E-state index < -0.39 is 10.0 Å². The molecule has 2 rings (SSSR count). The third-order valence-electron chi connectivity index (χ3n) is 2.68. The zero-order chi connectivity index (χ0) is 15.8. The van der Waals surface area contributed by atoms with Gasteiger partial charge in [0.1, 0.15) is 4.90 Å². The van der Waals surface area contributed by atoms with Crippen LogP contribution < -0.4 is 4.72 Å². The third kappa shape index (κ3) is 3.93. The van der Waals surface area contributed by atoms with Gasteiger partial charge >= 0.3 is 0 Å². The maximum absolute atomic E-state index is 12.5. The molecule has 0 amide bonds. The molecule has 3 nitrogen and oxygen atoms in total. The normalized spacial score (nSPS) is 11.5. The van der Waals surface area contributed by atoms with Gasteiger partial charge < -0.3 is 0 Å². The summed E-state index contributed by atoms with van der Waals surface area (Å²) in [6.45, 7) is 1.87. The number of sulfonamides is 1. The Morgan fingerprint density at radius 2 is 1.71 bits per heavy atom. The molecule has 8 heteroatoms. The second kappa shape index (κ2) is 6.46. The van der Waals surface area contributed by atoms with Crippen LogP contribution in [0.2, 0.25) is 10.0 Å². The fourth-order valence-electron chi connectivity index (χ4n) is 1.61. The molecule has 0 aliphatic heterocycles. The lowest BCUT2D eigenvalue weighted by Gasteiger charge is -2.12. The second-order valence-corrected chi connectivity index (χ2v) is 8.46. The zero-order valence-electron chi connectivity index (χ0n) is 10.6. The smallest absolute Gasteiger partial charge is 0.263 e. The van der Waals surface area contributed by atoms with Crippen LogP contribution in [0.4, 0.5) is 5.69 Å². The zero-order valence-corrected chi connectivity index (χ0v) is 16.1. The van der Waals surface area contributed by atoms with Gasteiger partial charge in [-0.25, -0.2) is 8.42 Å². The first-order chi connectivity index (χ1) is 9.70. The van der Waals surface area contributed by atoms with E-state index in [4.69, 9.17) is 23.2 Å². The summed E-state index contributed by atoms with van der Waals surface area (Å²) < 4.78 is 28.6. The molecule has 0 spiro atoms. The number of hydrogen-bond donors (Lipinski definition) is 1. The molecule has 0 saturated carbocycles. The molecule has 112 valence electrons. The minimum atomic E-state index is -3.79. The van der Waals surface area contributed by atoms with Crippen molar-refractivity contribution >= 4 is 70.8 Å². The number of benzene rings is 2. The van der Waals surface area contributed by atoms with Gasteiger partial charge in [0.05, 0.1) is 10.7 Å². The summed E-state index contributed by atoms with van der Waals surface area (Å²) in [7, 11) is -3.79. The Balaban J connectivity index is 2.48. The summed E-state index contributed by atoms with van der Waals surface area (Å²) in [4.78, 5) is 0.107. The number of aryl methyl sites for hydroxylation is 1. The molecule has 0 aliphatic carbocycles.